The fourth-order valence-electron chi connectivity index (χ4n) is 1.66. The lowest BCUT2D eigenvalue weighted by molar-refractivity contribution is 0.0950. The molecule has 5 nitrogen and oxygen atoms in total. The quantitative estimate of drug-likeness (QED) is 0.886. The lowest BCUT2D eigenvalue weighted by Gasteiger charge is -2.07. The van der Waals surface area contributed by atoms with E-state index in [0.29, 0.717) is 12.4 Å². The Labute approximate surface area is 120 Å². The molecule has 1 amide bonds. The summed E-state index contributed by atoms with van der Waals surface area (Å²) in [5.74, 6) is -0.957. The Morgan fingerprint density at radius 1 is 1.19 bits per heavy atom. The molecule has 2 N–H and O–H groups in total. The van der Waals surface area contributed by atoms with Gasteiger partial charge >= 0.3 is 0 Å². The Balaban J connectivity index is 2.00. The summed E-state index contributed by atoms with van der Waals surface area (Å²) < 4.78 is 26.5. The molecular formula is C14H14F2N4O. The van der Waals surface area contributed by atoms with Gasteiger partial charge in [-0.2, -0.15) is 0 Å². The van der Waals surface area contributed by atoms with E-state index < -0.39 is 11.6 Å². The minimum Gasteiger partial charge on any atom is -0.364 e. The number of aromatic nitrogens is 2. The van der Waals surface area contributed by atoms with Gasteiger partial charge in [0.05, 0.1) is 0 Å². The van der Waals surface area contributed by atoms with Crippen molar-refractivity contribution in [2.45, 2.75) is 13.5 Å². The molecule has 110 valence electrons. The molecule has 0 aliphatic heterocycles. The third-order valence-corrected chi connectivity index (χ3v) is 2.70. The number of rotatable bonds is 5. The van der Waals surface area contributed by atoms with Crippen molar-refractivity contribution in [3.05, 3.63) is 53.2 Å². The minimum absolute atomic E-state index is 0.0682. The second-order valence-corrected chi connectivity index (χ2v) is 4.25. The van der Waals surface area contributed by atoms with Crippen molar-refractivity contribution >= 4 is 11.7 Å². The van der Waals surface area contributed by atoms with Crippen LogP contribution in [0.3, 0.4) is 0 Å². The maximum Gasteiger partial charge on any atom is 0.271 e. The van der Waals surface area contributed by atoms with Crippen molar-refractivity contribution in [2.75, 3.05) is 11.9 Å². The molecule has 0 spiro atoms. The largest absolute Gasteiger partial charge is 0.364 e. The van der Waals surface area contributed by atoms with Crippen LogP contribution in [0.2, 0.25) is 0 Å². The molecule has 0 aliphatic rings. The summed E-state index contributed by atoms with van der Waals surface area (Å²) >= 11 is 0. The number of carbonyl (C=O) groups is 1. The molecule has 0 unspecified atom stereocenters. The monoisotopic (exact) mass is 292 g/mol. The van der Waals surface area contributed by atoms with Crippen molar-refractivity contribution in [3.8, 4) is 0 Å². The number of nitrogens with zero attached hydrogens (tertiary/aromatic N) is 2. The van der Waals surface area contributed by atoms with Crippen molar-refractivity contribution in [1.29, 1.82) is 0 Å². The summed E-state index contributed by atoms with van der Waals surface area (Å²) in [5.41, 5.74) is 0.379. The van der Waals surface area contributed by atoms with Gasteiger partial charge in [-0.15, -0.1) is 10.2 Å². The summed E-state index contributed by atoms with van der Waals surface area (Å²) in [6, 6.07) is 6.28. The number of hydrogen-bond acceptors (Lipinski definition) is 4. The number of nitrogens with one attached hydrogen (secondary N) is 2. The van der Waals surface area contributed by atoms with E-state index in [1.807, 2.05) is 0 Å². The standard InChI is InChI=1S/C14H14F2N4O/c1-2-17-14(21)12-5-6-13(20-19-12)18-8-9-7-10(15)3-4-11(9)16/h3-7H,2,8H2,1H3,(H,17,21)(H,18,20). The van der Waals surface area contributed by atoms with Crippen molar-refractivity contribution < 1.29 is 13.6 Å². The van der Waals surface area contributed by atoms with Gasteiger partial charge in [0.15, 0.2) is 5.69 Å². The highest BCUT2D eigenvalue weighted by molar-refractivity contribution is 5.92. The van der Waals surface area contributed by atoms with Gasteiger partial charge in [-0.25, -0.2) is 8.78 Å². The molecule has 7 heteroatoms. The Morgan fingerprint density at radius 3 is 2.67 bits per heavy atom. The van der Waals surface area contributed by atoms with Crippen molar-refractivity contribution in [3.63, 3.8) is 0 Å². The number of hydrogen-bond donors (Lipinski definition) is 2. The summed E-state index contributed by atoms with van der Waals surface area (Å²) in [4.78, 5) is 11.5. The lowest BCUT2D eigenvalue weighted by Crippen LogP contribution is -2.24. The lowest BCUT2D eigenvalue weighted by atomic mass is 10.2. The Bertz CT molecular complexity index is 631. The van der Waals surface area contributed by atoms with Crippen LogP contribution >= 0.6 is 0 Å². The van der Waals surface area contributed by atoms with Crippen LogP contribution in [0.25, 0.3) is 0 Å². The van der Waals surface area contributed by atoms with Crippen LogP contribution in [0, 0.1) is 11.6 Å². The maximum atomic E-state index is 13.4. The smallest absolute Gasteiger partial charge is 0.271 e. The van der Waals surface area contributed by atoms with Crippen LogP contribution in [0.15, 0.2) is 30.3 Å². The molecule has 21 heavy (non-hydrogen) atoms. The van der Waals surface area contributed by atoms with Gasteiger partial charge in [-0.05, 0) is 37.3 Å². The van der Waals surface area contributed by atoms with E-state index in [1.54, 1.807) is 13.0 Å². The van der Waals surface area contributed by atoms with Gasteiger partial charge in [-0.3, -0.25) is 4.79 Å². The SMILES string of the molecule is CCNC(=O)c1ccc(NCc2cc(F)ccc2F)nn1. The molecule has 2 aromatic rings. The predicted molar refractivity (Wildman–Crippen MR) is 73.7 cm³/mol. The zero-order chi connectivity index (χ0) is 15.2. The molecule has 2 rings (SSSR count). The second kappa shape index (κ2) is 6.74. The number of anilines is 1. The van der Waals surface area contributed by atoms with Gasteiger partial charge in [0.1, 0.15) is 17.5 Å². The first-order chi connectivity index (χ1) is 10.1. The normalized spacial score (nSPS) is 10.2. The molecule has 1 aromatic carbocycles. The van der Waals surface area contributed by atoms with Crippen LogP contribution < -0.4 is 10.6 Å². The minimum atomic E-state index is -0.508. The number of amides is 1. The first-order valence-corrected chi connectivity index (χ1v) is 6.40. The van der Waals surface area contributed by atoms with Gasteiger partial charge in [-0.1, -0.05) is 0 Å². The van der Waals surface area contributed by atoms with Crippen LogP contribution in [0.1, 0.15) is 23.0 Å². The maximum absolute atomic E-state index is 13.4. The third-order valence-electron chi connectivity index (χ3n) is 2.70. The number of carbonyl (C=O) groups excluding carboxylic acids is 1. The van der Waals surface area contributed by atoms with Crippen molar-refractivity contribution in [1.82, 2.24) is 15.5 Å². The average molecular weight is 292 g/mol. The Kier molecular flexibility index (Phi) is 4.76. The molecule has 0 atom stereocenters. The Hall–Kier alpha value is -2.57. The molecule has 1 heterocycles. The van der Waals surface area contributed by atoms with E-state index in [4.69, 9.17) is 0 Å². The van der Waals surface area contributed by atoms with Crippen molar-refractivity contribution in [2.24, 2.45) is 0 Å². The highest BCUT2D eigenvalue weighted by atomic mass is 19.1. The van der Waals surface area contributed by atoms with Gasteiger partial charge < -0.3 is 10.6 Å². The molecule has 0 bridgehead atoms. The van der Waals surface area contributed by atoms with Gasteiger partial charge in [0.25, 0.3) is 5.91 Å². The first kappa shape index (κ1) is 14.8. The fourth-order valence-corrected chi connectivity index (χ4v) is 1.66. The van der Waals surface area contributed by atoms with E-state index in [9.17, 15) is 13.6 Å². The van der Waals surface area contributed by atoms with E-state index in [-0.39, 0.29) is 23.7 Å². The van der Waals surface area contributed by atoms with Crippen LogP contribution in [-0.4, -0.2) is 22.6 Å². The Morgan fingerprint density at radius 2 is 2.00 bits per heavy atom. The van der Waals surface area contributed by atoms with Crippen LogP contribution in [-0.2, 0) is 6.54 Å². The molecule has 0 radical (unpaired) electrons. The highest BCUT2D eigenvalue weighted by Gasteiger charge is 2.07. The summed E-state index contributed by atoms with van der Waals surface area (Å²) in [7, 11) is 0. The molecule has 1 aromatic heterocycles. The molecule has 0 fully saturated rings. The van der Waals surface area contributed by atoms with Gasteiger partial charge in [0.2, 0.25) is 0 Å². The molecule has 0 saturated heterocycles. The van der Waals surface area contributed by atoms with E-state index >= 15 is 0 Å². The fraction of sp³-hybridized carbons (Fsp3) is 0.214. The zero-order valence-corrected chi connectivity index (χ0v) is 11.4. The second-order valence-electron chi connectivity index (χ2n) is 4.25. The first-order valence-electron chi connectivity index (χ1n) is 6.40. The summed E-state index contributed by atoms with van der Waals surface area (Å²) in [6.45, 7) is 2.37. The molecular weight excluding hydrogens is 278 g/mol. The number of halogens is 2. The zero-order valence-electron chi connectivity index (χ0n) is 11.4. The highest BCUT2D eigenvalue weighted by Crippen LogP contribution is 2.11. The summed E-state index contributed by atoms with van der Waals surface area (Å²) in [6.07, 6.45) is 0. The molecule has 0 aliphatic carbocycles. The van der Waals surface area contributed by atoms with E-state index in [1.165, 1.54) is 6.07 Å². The summed E-state index contributed by atoms with van der Waals surface area (Å²) in [5, 5.41) is 13.0. The van der Waals surface area contributed by atoms with Crippen LogP contribution in [0.5, 0.6) is 0 Å². The van der Waals surface area contributed by atoms with E-state index in [2.05, 4.69) is 20.8 Å². The molecule has 0 saturated carbocycles. The number of benzene rings is 1. The van der Waals surface area contributed by atoms with Crippen LogP contribution in [0.4, 0.5) is 14.6 Å². The third kappa shape index (κ3) is 3.95. The predicted octanol–water partition coefficient (Wildman–Crippen LogP) is 2.12. The average Bonchev–Trinajstić information content (AvgIpc) is 2.49. The van der Waals surface area contributed by atoms with E-state index in [0.717, 1.165) is 18.2 Å². The topological polar surface area (TPSA) is 66.9 Å². The van der Waals surface area contributed by atoms with Gasteiger partial charge in [0, 0.05) is 18.7 Å².